The second kappa shape index (κ2) is 8.39. The van der Waals surface area contributed by atoms with E-state index in [4.69, 9.17) is 10.3 Å². The van der Waals surface area contributed by atoms with E-state index in [2.05, 4.69) is 20.8 Å². The number of rotatable bonds is 7. The van der Waals surface area contributed by atoms with E-state index in [0.29, 0.717) is 11.7 Å². The molecule has 0 aliphatic carbocycles. The summed E-state index contributed by atoms with van der Waals surface area (Å²) in [5.74, 6) is 0.0228. The van der Waals surface area contributed by atoms with Gasteiger partial charge in [0.25, 0.3) is 5.89 Å². The third kappa shape index (κ3) is 5.12. The highest BCUT2D eigenvalue weighted by Crippen LogP contribution is 2.18. The smallest absolute Gasteiger partial charge is 0.257 e. The number of aromatic nitrogens is 2. The maximum atomic E-state index is 11.9. The summed E-state index contributed by atoms with van der Waals surface area (Å²) in [7, 11) is 0. The van der Waals surface area contributed by atoms with Gasteiger partial charge in [0.15, 0.2) is 5.82 Å². The van der Waals surface area contributed by atoms with Gasteiger partial charge in [0.05, 0.1) is 18.6 Å². The Labute approximate surface area is 146 Å². The van der Waals surface area contributed by atoms with Crippen LogP contribution in [0, 0.1) is 5.92 Å². The number of carbonyl (C=O) groups excluding carboxylic acids is 2. The molecule has 0 aliphatic heterocycles. The molecule has 0 radical (unpaired) electrons. The van der Waals surface area contributed by atoms with Crippen molar-refractivity contribution in [3.63, 3.8) is 0 Å². The van der Waals surface area contributed by atoms with Crippen LogP contribution in [0.1, 0.15) is 32.6 Å². The Bertz CT molecular complexity index is 714. The van der Waals surface area contributed by atoms with E-state index in [9.17, 15) is 9.59 Å². The van der Waals surface area contributed by atoms with E-state index >= 15 is 0 Å². The van der Waals surface area contributed by atoms with Crippen molar-refractivity contribution in [2.45, 2.75) is 32.9 Å². The van der Waals surface area contributed by atoms with Crippen LogP contribution in [0.25, 0.3) is 11.5 Å². The normalized spacial score (nSPS) is 13.3. The molecule has 1 unspecified atom stereocenters. The highest BCUT2D eigenvalue weighted by atomic mass is 16.5. The van der Waals surface area contributed by atoms with E-state index < -0.39 is 12.1 Å². The SMILES string of the molecule is CC(NC(=O)CNC(=O)[C@@H](N)C(C)C)c1noc(-c2ccccc2)n1. The molecule has 134 valence electrons. The van der Waals surface area contributed by atoms with Gasteiger partial charge in [0.2, 0.25) is 11.8 Å². The van der Waals surface area contributed by atoms with Crippen molar-refractivity contribution in [3.8, 4) is 11.5 Å². The van der Waals surface area contributed by atoms with Crippen LogP contribution >= 0.6 is 0 Å². The molecular formula is C17H23N5O3. The first-order valence-corrected chi connectivity index (χ1v) is 8.10. The summed E-state index contributed by atoms with van der Waals surface area (Å²) in [4.78, 5) is 28.0. The Morgan fingerprint density at radius 2 is 1.88 bits per heavy atom. The second-order valence-electron chi connectivity index (χ2n) is 6.10. The summed E-state index contributed by atoms with van der Waals surface area (Å²) < 4.78 is 5.21. The minimum atomic E-state index is -0.643. The number of benzene rings is 1. The molecule has 2 atom stereocenters. The fourth-order valence-corrected chi connectivity index (χ4v) is 2.05. The molecule has 8 nitrogen and oxygen atoms in total. The van der Waals surface area contributed by atoms with Crippen molar-refractivity contribution in [1.82, 2.24) is 20.8 Å². The average molecular weight is 345 g/mol. The maximum absolute atomic E-state index is 11.9. The van der Waals surface area contributed by atoms with Gasteiger partial charge in [0.1, 0.15) is 0 Å². The quantitative estimate of drug-likeness (QED) is 0.688. The molecule has 4 N–H and O–H groups in total. The van der Waals surface area contributed by atoms with Gasteiger partial charge >= 0.3 is 0 Å². The minimum Gasteiger partial charge on any atom is -0.346 e. The summed E-state index contributed by atoms with van der Waals surface area (Å²) in [6, 6.07) is 8.25. The van der Waals surface area contributed by atoms with Crippen LogP contribution < -0.4 is 16.4 Å². The number of hydrogen-bond donors (Lipinski definition) is 3. The topological polar surface area (TPSA) is 123 Å². The van der Waals surface area contributed by atoms with Crippen molar-refractivity contribution >= 4 is 11.8 Å². The molecule has 0 saturated carbocycles. The van der Waals surface area contributed by atoms with Crippen molar-refractivity contribution in [2.75, 3.05) is 6.54 Å². The lowest BCUT2D eigenvalue weighted by Crippen LogP contribution is -2.47. The molecule has 0 bridgehead atoms. The molecule has 0 spiro atoms. The minimum absolute atomic E-state index is 0.00211. The Hall–Kier alpha value is -2.74. The molecule has 1 heterocycles. The number of nitrogens with one attached hydrogen (secondary N) is 2. The molecule has 1 aromatic carbocycles. The predicted molar refractivity (Wildman–Crippen MR) is 92.1 cm³/mol. The number of nitrogens with zero attached hydrogens (tertiary/aromatic N) is 2. The Morgan fingerprint density at radius 3 is 2.52 bits per heavy atom. The monoisotopic (exact) mass is 345 g/mol. The number of hydrogen-bond acceptors (Lipinski definition) is 6. The third-order valence-corrected chi connectivity index (χ3v) is 3.67. The zero-order chi connectivity index (χ0) is 18.4. The van der Waals surface area contributed by atoms with E-state index in [0.717, 1.165) is 5.56 Å². The van der Waals surface area contributed by atoms with Gasteiger partial charge in [-0.1, -0.05) is 37.2 Å². The molecule has 2 rings (SSSR count). The van der Waals surface area contributed by atoms with Crippen LogP contribution in [0.2, 0.25) is 0 Å². The molecule has 0 fully saturated rings. The zero-order valence-corrected chi connectivity index (χ0v) is 14.5. The zero-order valence-electron chi connectivity index (χ0n) is 14.5. The summed E-state index contributed by atoms with van der Waals surface area (Å²) in [5.41, 5.74) is 6.52. The Balaban J connectivity index is 1.87. The first-order chi connectivity index (χ1) is 11.9. The van der Waals surface area contributed by atoms with Crippen LogP contribution in [0.5, 0.6) is 0 Å². The largest absolute Gasteiger partial charge is 0.346 e. The summed E-state index contributed by atoms with van der Waals surface area (Å²) in [5, 5.41) is 9.10. The van der Waals surface area contributed by atoms with E-state index in [1.807, 2.05) is 44.2 Å². The fraction of sp³-hybridized carbons (Fsp3) is 0.412. The number of amides is 2. The lowest BCUT2D eigenvalue weighted by molar-refractivity contribution is -0.127. The van der Waals surface area contributed by atoms with Crippen molar-refractivity contribution in [2.24, 2.45) is 11.7 Å². The molecule has 1 aromatic heterocycles. The van der Waals surface area contributed by atoms with Gasteiger partial charge in [-0.05, 0) is 25.0 Å². The average Bonchev–Trinajstić information content (AvgIpc) is 3.10. The van der Waals surface area contributed by atoms with Crippen LogP contribution in [0.4, 0.5) is 0 Å². The van der Waals surface area contributed by atoms with Gasteiger partial charge < -0.3 is 20.9 Å². The van der Waals surface area contributed by atoms with Crippen LogP contribution in [0.15, 0.2) is 34.9 Å². The third-order valence-electron chi connectivity index (χ3n) is 3.67. The number of nitrogens with two attached hydrogens (primary N) is 1. The second-order valence-corrected chi connectivity index (χ2v) is 6.10. The Kier molecular flexibility index (Phi) is 6.24. The molecule has 2 aromatic rings. The van der Waals surface area contributed by atoms with Gasteiger partial charge in [-0.3, -0.25) is 9.59 Å². The molecule has 25 heavy (non-hydrogen) atoms. The van der Waals surface area contributed by atoms with Crippen LogP contribution in [-0.2, 0) is 9.59 Å². The fourth-order valence-electron chi connectivity index (χ4n) is 2.05. The summed E-state index contributed by atoms with van der Waals surface area (Å²) in [6.07, 6.45) is 0. The van der Waals surface area contributed by atoms with Gasteiger partial charge in [-0.2, -0.15) is 4.98 Å². The van der Waals surface area contributed by atoms with Gasteiger partial charge in [0, 0.05) is 5.56 Å². The van der Waals surface area contributed by atoms with E-state index in [-0.39, 0.29) is 24.3 Å². The predicted octanol–water partition coefficient (Wildman–Crippen LogP) is 1.01. The molecule has 2 amide bonds. The highest BCUT2D eigenvalue weighted by Gasteiger charge is 2.20. The highest BCUT2D eigenvalue weighted by molar-refractivity contribution is 5.87. The van der Waals surface area contributed by atoms with Crippen LogP contribution in [0.3, 0.4) is 0 Å². The van der Waals surface area contributed by atoms with E-state index in [1.54, 1.807) is 6.92 Å². The molecule has 0 aliphatic rings. The molecule has 8 heteroatoms. The summed E-state index contributed by atoms with van der Waals surface area (Å²) >= 11 is 0. The first kappa shape index (κ1) is 18.6. The van der Waals surface area contributed by atoms with Crippen molar-refractivity contribution in [1.29, 1.82) is 0 Å². The van der Waals surface area contributed by atoms with Crippen molar-refractivity contribution < 1.29 is 14.1 Å². The first-order valence-electron chi connectivity index (χ1n) is 8.10. The van der Waals surface area contributed by atoms with Crippen molar-refractivity contribution in [3.05, 3.63) is 36.2 Å². The van der Waals surface area contributed by atoms with Gasteiger partial charge in [-0.25, -0.2) is 0 Å². The van der Waals surface area contributed by atoms with E-state index in [1.165, 1.54) is 0 Å². The Morgan fingerprint density at radius 1 is 1.20 bits per heavy atom. The van der Waals surface area contributed by atoms with Crippen LogP contribution in [-0.4, -0.2) is 34.5 Å². The lowest BCUT2D eigenvalue weighted by Gasteiger charge is -2.16. The maximum Gasteiger partial charge on any atom is 0.257 e. The summed E-state index contributed by atoms with van der Waals surface area (Å²) in [6.45, 7) is 5.26. The lowest BCUT2D eigenvalue weighted by atomic mass is 10.1. The standard InChI is InChI=1S/C17H23N5O3/c1-10(2)14(18)16(24)19-9-13(23)20-11(3)15-21-17(25-22-15)12-7-5-4-6-8-12/h4-8,10-11,14H,9,18H2,1-3H3,(H,19,24)(H,20,23)/t11?,14-/m0/s1. The molecular weight excluding hydrogens is 322 g/mol. The van der Waals surface area contributed by atoms with Gasteiger partial charge in [-0.15, -0.1) is 0 Å². The number of carbonyl (C=O) groups is 2. The molecule has 0 saturated heterocycles.